The van der Waals surface area contributed by atoms with Gasteiger partial charge in [-0.05, 0) is 56.7 Å². The molecule has 18 nitrogen and oxygen atoms in total. The quantitative estimate of drug-likeness (QED) is 0.0270. The van der Waals surface area contributed by atoms with Crippen molar-refractivity contribution in [3.8, 4) is 0 Å². The lowest BCUT2D eigenvalue weighted by atomic mass is 10.0. The van der Waals surface area contributed by atoms with Crippen molar-refractivity contribution in [1.82, 2.24) is 0 Å². The summed E-state index contributed by atoms with van der Waals surface area (Å²) in [6.45, 7) is 11.4. The lowest BCUT2D eigenvalue weighted by Gasteiger charge is -2.25. The molecule has 3 aromatic rings. The van der Waals surface area contributed by atoms with E-state index in [1.54, 1.807) is 20.8 Å². The van der Waals surface area contributed by atoms with Crippen molar-refractivity contribution in [1.29, 1.82) is 0 Å². The summed E-state index contributed by atoms with van der Waals surface area (Å²) in [5.74, 6) is -1.72. The minimum atomic E-state index is -1.17. The van der Waals surface area contributed by atoms with Crippen LogP contribution < -0.4 is 0 Å². The molecule has 0 saturated heterocycles. The van der Waals surface area contributed by atoms with Crippen LogP contribution in [0.3, 0.4) is 0 Å². The monoisotopic (exact) mass is 1510 g/mol. The molecule has 3 heterocycles. The topological polar surface area (TPSA) is 246 Å². The molecule has 3 aromatic carbocycles. The van der Waals surface area contributed by atoms with E-state index in [2.05, 4.69) is 20.8 Å². The van der Waals surface area contributed by atoms with Crippen molar-refractivity contribution in [3.05, 3.63) is 142 Å². The van der Waals surface area contributed by atoms with E-state index in [0.29, 0.717) is 41.1 Å². The summed E-state index contributed by atoms with van der Waals surface area (Å²) in [6.07, 6.45) is 43.0. The normalized spacial score (nSPS) is 16.2. The van der Waals surface area contributed by atoms with Crippen molar-refractivity contribution < 1.29 is 86.7 Å². The maximum Gasteiger partial charge on any atom is 0.338 e. The molecule has 3 aliphatic rings. The molecule has 606 valence electrons. The average molecular weight is 1510 g/mol. The van der Waals surface area contributed by atoms with Crippen LogP contribution >= 0.6 is 0 Å². The molecular formula is C90H138O18. The molecule has 0 spiro atoms. The highest BCUT2D eigenvalue weighted by atomic mass is 16.6. The first kappa shape index (κ1) is 93.4. The van der Waals surface area contributed by atoms with Gasteiger partial charge in [-0.3, -0.25) is 14.4 Å². The van der Waals surface area contributed by atoms with Gasteiger partial charge >= 0.3 is 35.8 Å². The fraction of sp³-hybridized carbons (Fsp3) is 0.667. The van der Waals surface area contributed by atoms with Gasteiger partial charge in [-0.25, -0.2) is 14.4 Å². The van der Waals surface area contributed by atoms with Gasteiger partial charge < -0.3 is 58.0 Å². The van der Waals surface area contributed by atoms with Crippen molar-refractivity contribution in [3.63, 3.8) is 0 Å². The average Bonchev–Trinajstić information content (AvgIpc) is 1.68. The van der Waals surface area contributed by atoms with Gasteiger partial charge in [0.05, 0.1) is 23.3 Å². The van der Waals surface area contributed by atoms with Gasteiger partial charge in [0, 0.05) is 19.3 Å². The molecule has 6 rings (SSSR count). The largest absolute Gasteiger partial charge is 0.489 e. The second-order valence-electron chi connectivity index (χ2n) is 29.5. The van der Waals surface area contributed by atoms with Crippen LogP contribution in [0.2, 0.25) is 0 Å². The Kier molecular flexibility index (Phi) is 51.7. The van der Waals surface area contributed by atoms with Crippen LogP contribution in [0.1, 0.15) is 328 Å². The van der Waals surface area contributed by atoms with Crippen LogP contribution in [0.25, 0.3) is 0 Å². The zero-order valence-electron chi connectivity index (χ0n) is 67.0. The van der Waals surface area contributed by atoms with Crippen LogP contribution in [-0.4, -0.2) is 108 Å². The minimum Gasteiger partial charge on any atom is -0.489 e. The number of hydrogen-bond donors (Lipinski definition) is 3. The Hall–Kier alpha value is -7.02. The van der Waals surface area contributed by atoms with Crippen LogP contribution in [-0.2, 0) is 91.2 Å². The number of aliphatic hydroxyl groups is 3. The predicted octanol–water partition coefficient (Wildman–Crippen LogP) is 20.4. The summed E-state index contributed by atoms with van der Waals surface area (Å²) < 4.78 is 50.2. The number of unbranched alkanes of at least 4 members (excludes halogenated alkanes) is 36. The Morgan fingerprint density at radius 3 is 0.889 bits per heavy atom. The number of ether oxygens (including phenoxy) is 9. The lowest BCUT2D eigenvalue weighted by molar-refractivity contribution is -0.171. The standard InChI is InChI=1S/C46H76O7.C30H46O6.C14H16O5/c1-4-6-8-10-12-14-16-18-20-22-24-26-31-35-42(47)50-38-41(45-44(39(3)46(49)53-45)51-37-40-33-29-28-30-34-40)52-43(48)36-32-27-25-23-21-19-17-15-13-11-9-7-5-2;1-3-4-5-6-7-8-9-10-11-12-13-14-18-21-27(32)34-23-26(31)29-28(24(2)30(33)36-29)35-22-25-19-16-15-17-20-25;1-9-12(13(11(16)7-15)19-14(9)17)18-8-10-5-3-2-4-6-10/h28-30,33-34,41,45H,4-27,31-32,35-38H2,1-3H3;15-17,19-20,26,29,31H,3-14,18,21-23H2,1-2H3;2-6,11,13,15-16H,7-8H2,1H3/t41-,45+;26-,29+;11-,13+/m000/s1. The van der Waals surface area contributed by atoms with E-state index in [9.17, 15) is 39.0 Å². The van der Waals surface area contributed by atoms with E-state index < -0.39 is 61.1 Å². The van der Waals surface area contributed by atoms with E-state index in [-0.39, 0.29) is 63.1 Å². The second-order valence-corrected chi connectivity index (χ2v) is 29.5. The molecule has 0 saturated carbocycles. The van der Waals surface area contributed by atoms with E-state index in [0.717, 1.165) is 74.5 Å². The third kappa shape index (κ3) is 40.6. The molecule has 0 aromatic heterocycles. The molecule has 108 heavy (non-hydrogen) atoms. The SMILES string of the molecule is CC1=C(OCc2ccccc2)[C@@H]([C@@H](O)CO)OC1=O.CCCCCCCCCCCCCCCC(=O)OC[C@H](O)[C@H]1OC(=O)C(C)=C1OCc1ccccc1.CCCCCCCCCCCCCCCC(=O)OC[C@H](OC(=O)CCCCCCCCCCCCCCC)[C@H]1OC(=O)C(C)=C1OCc1ccccc1. The zero-order chi connectivity index (χ0) is 78.0. The Morgan fingerprint density at radius 2 is 0.593 bits per heavy atom. The van der Waals surface area contributed by atoms with Gasteiger partial charge in [0.2, 0.25) is 0 Å². The number of rotatable bonds is 60. The molecule has 0 bridgehead atoms. The predicted molar refractivity (Wildman–Crippen MR) is 423 cm³/mol. The van der Waals surface area contributed by atoms with E-state index in [1.165, 1.54) is 193 Å². The van der Waals surface area contributed by atoms with Gasteiger partial charge in [0.1, 0.15) is 45.2 Å². The van der Waals surface area contributed by atoms with Crippen LogP contribution in [0, 0.1) is 0 Å². The molecule has 0 aliphatic carbocycles. The van der Waals surface area contributed by atoms with Gasteiger partial charge in [-0.2, -0.15) is 0 Å². The lowest BCUT2D eigenvalue weighted by Crippen LogP contribution is -2.38. The third-order valence-electron chi connectivity index (χ3n) is 20.0. The number of aliphatic hydroxyl groups excluding tert-OH is 3. The fourth-order valence-corrected chi connectivity index (χ4v) is 13.2. The molecule has 18 heteroatoms. The van der Waals surface area contributed by atoms with Gasteiger partial charge in [0.15, 0.2) is 41.7 Å². The molecule has 0 unspecified atom stereocenters. The number of carbonyl (C=O) groups excluding carboxylic acids is 6. The van der Waals surface area contributed by atoms with Gasteiger partial charge in [-0.1, -0.05) is 343 Å². The molecule has 3 N–H and O–H groups in total. The number of cyclic esters (lactones) is 3. The number of hydrogen-bond acceptors (Lipinski definition) is 18. The number of benzene rings is 3. The highest BCUT2D eigenvalue weighted by Gasteiger charge is 2.43. The summed E-state index contributed by atoms with van der Waals surface area (Å²) in [7, 11) is 0. The highest BCUT2D eigenvalue weighted by molar-refractivity contribution is 5.92. The van der Waals surface area contributed by atoms with Crippen molar-refractivity contribution in [2.24, 2.45) is 0 Å². The van der Waals surface area contributed by atoms with Crippen LogP contribution in [0.15, 0.2) is 125 Å². The van der Waals surface area contributed by atoms with Crippen molar-refractivity contribution >= 4 is 35.8 Å². The third-order valence-corrected chi connectivity index (χ3v) is 20.0. The highest BCUT2D eigenvalue weighted by Crippen LogP contribution is 2.32. The minimum absolute atomic E-state index is 0.189. The van der Waals surface area contributed by atoms with E-state index in [1.807, 2.05) is 91.0 Å². The first-order valence-corrected chi connectivity index (χ1v) is 41.8. The molecule has 3 aliphatic heterocycles. The summed E-state index contributed by atoms with van der Waals surface area (Å²) in [5, 5.41) is 29.1. The molecule has 0 fully saturated rings. The molecule has 6 atom stereocenters. The Balaban J connectivity index is 0.000000382. The van der Waals surface area contributed by atoms with Gasteiger partial charge in [-0.15, -0.1) is 0 Å². The van der Waals surface area contributed by atoms with E-state index >= 15 is 0 Å². The molecule has 0 amide bonds. The smallest absolute Gasteiger partial charge is 0.338 e. The van der Waals surface area contributed by atoms with Crippen LogP contribution in [0.4, 0.5) is 0 Å². The molecule has 0 radical (unpaired) electrons. The second kappa shape index (κ2) is 59.8. The Morgan fingerprint density at radius 1 is 0.343 bits per heavy atom. The summed E-state index contributed by atoms with van der Waals surface area (Å²) in [6, 6.07) is 28.6. The Bertz CT molecular complexity index is 3000. The number of esters is 6. The summed E-state index contributed by atoms with van der Waals surface area (Å²) in [5.41, 5.74) is 3.81. The van der Waals surface area contributed by atoms with Gasteiger partial charge in [0.25, 0.3) is 0 Å². The van der Waals surface area contributed by atoms with Crippen molar-refractivity contribution in [2.45, 2.75) is 368 Å². The summed E-state index contributed by atoms with van der Waals surface area (Å²) >= 11 is 0. The zero-order valence-corrected chi connectivity index (χ0v) is 67.0. The summed E-state index contributed by atoms with van der Waals surface area (Å²) in [4.78, 5) is 74.1. The van der Waals surface area contributed by atoms with Crippen molar-refractivity contribution in [2.75, 3.05) is 19.8 Å². The fourth-order valence-electron chi connectivity index (χ4n) is 13.2. The first-order chi connectivity index (χ1) is 52.6. The maximum absolute atomic E-state index is 13.1. The van der Waals surface area contributed by atoms with E-state index in [4.69, 9.17) is 47.7 Å². The maximum atomic E-state index is 13.1. The first-order valence-electron chi connectivity index (χ1n) is 41.8. The Labute approximate surface area is 648 Å². The number of carbonyl (C=O) groups is 6. The van der Waals surface area contributed by atoms with Crippen LogP contribution in [0.5, 0.6) is 0 Å². The molecular weight excluding hydrogens is 1370 g/mol.